The van der Waals surface area contributed by atoms with E-state index in [0.717, 1.165) is 57.8 Å². The quantitative estimate of drug-likeness (QED) is 0.0236. The van der Waals surface area contributed by atoms with Crippen molar-refractivity contribution in [1.29, 1.82) is 0 Å². The number of hydrogen-bond acceptors (Lipinski definition) is 9. The van der Waals surface area contributed by atoms with Crippen molar-refractivity contribution in [1.82, 2.24) is 0 Å². The molecule has 0 aromatic heterocycles. The van der Waals surface area contributed by atoms with E-state index >= 15 is 0 Å². The van der Waals surface area contributed by atoms with E-state index < -0.39 is 57.7 Å². The Kier molecular flexibility index (Phi) is 36.2. The molecular weight excluding hydrogens is 733 g/mol. The van der Waals surface area contributed by atoms with E-state index in [2.05, 4.69) is 91.3 Å². The maximum atomic E-state index is 12.6. The van der Waals surface area contributed by atoms with Gasteiger partial charge in [0.2, 0.25) is 0 Å². The van der Waals surface area contributed by atoms with Crippen LogP contribution in [-0.2, 0) is 37.5 Å². The predicted octanol–water partition coefficient (Wildman–Crippen LogP) is 10.7. The first-order valence-corrected chi connectivity index (χ1v) is 22.1. The minimum Gasteiger partial charge on any atom is -0.480 e. The summed E-state index contributed by atoms with van der Waals surface area (Å²) in [5.41, 5.74) is 5.32. The Labute approximate surface area is 337 Å². The van der Waals surface area contributed by atoms with Gasteiger partial charge < -0.3 is 25.2 Å². The summed E-state index contributed by atoms with van der Waals surface area (Å²) in [6, 6.07) is -1.54. The summed E-state index contributed by atoms with van der Waals surface area (Å²) in [4.78, 5) is 45.8. The van der Waals surface area contributed by atoms with Crippen LogP contribution in [-0.4, -0.2) is 59.9 Å². The van der Waals surface area contributed by atoms with Crippen LogP contribution in [0, 0.1) is 0 Å². The number of carboxylic acids is 1. The highest BCUT2D eigenvalue weighted by Crippen LogP contribution is 2.43. The Morgan fingerprint density at radius 2 is 1.02 bits per heavy atom. The highest BCUT2D eigenvalue weighted by molar-refractivity contribution is 7.47. The van der Waals surface area contributed by atoms with E-state index in [1.165, 1.54) is 38.5 Å². The first kappa shape index (κ1) is 52.7. The summed E-state index contributed by atoms with van der Waals surface area (Å²) in [6.07, 6.45) is 46.6. The Hall–Kier alpha value is -3.34. The number of hydrogen-bond donors (Lipinski definition) is 3. The van der Waals surface area contributed by atoms with Crippen LogP contribution in [0.2, 0.25) is 0 Å². The lowest BCUT2D eigenvalue weighted by Gasteiger charge is -2.20. The third-order valence-corrected chi connectivity index (χ3v) is 9.08. The molecule has 0 heterocycles. The Morgan fingerprint density at radius 1 is 0.571 bits per heavy atom. The van der Waals surface area contributed by atoms with Gasteiger partial charge in [0, 0.05) is 12.8 Å². The zero-order chi connectivity index (χ0) is 41.4. The molecule has 0 aliphatic rings. The smallest absolute Gasteiger partial charge is 0.472 e. The van der Waals surface area contributed by atoms with Gasteiger partial charge in [-0.3, -0.25) is 23.4 Å². The molecule has 0 radical (unpaired) electrons. The van der Waals surface area contributed by atoms with Gasteiger partial charge in [0.05, 0.1) is 13.2 Å². The molecule has 0 bridgehead atoms. The van der Waals surface area contributed by atoms with Gasteiger partial charge in [-0.2, -0.15) is 0 Å². The van der Waals surface area contributed by atoms with Crippen LogP contribution in [0.25, 0.3) is 0 Å². The zero-order valence-electron chi connectivity index (χ0n) is 34.2. The van der Waals surface area contributed by atoms with Gasteiger partial charge in [-0.15, -0.1) is 0 Å². The summed E-state index contributed by atoms with van der Waals surface area (Å²) in [5.74, 6) is -2.51. The first-order valence-electron chi connectivity index (χ1n) is 20.6. The van der Waals surface area contributed by atoms with Crippen molar-refractivity contribution in [3.63, 3.8) is 0 Å². The second-order valence-corrected chi connectivity index (χ2v) is 14.8. The zero-order valence-corrected chi connectivity index (χ0v) is 35.1. The molecule has 0 spiro atoms. The molecule has 0 rings (SSSR count). The number of carbonyl (C=O) groups is 3. The molecule has 12 heteroatoms. The van der Waals surface area contributed by atoms with Gasteiger partial charge >= 0.3 is 25.7 Å². The molecule has 3 atom stereocenters. The molecule has 0 saturated carbocycles. The normalized spacial score (nSPS) is 14.6. The molecule has 56 heavy (non-hydrogen) atoms. The summed E-state index contributed by atoms with van der Waals surface area (Å²) in [7, 11) is -4.74. The highest BCUT2D eigenvalue weighted by Gasteiger charge is 2.28. The fraction of sp³-hybridized carbons (Fsp3) is 0.614. The van der Waals surface area contributed by atoms with E-state index in [0.29, 0.717) is 19.3 Å². The van der Waals surface area contributed by atoms with Crippen molar-refractivity contribution in [2.24, 2.45) is 5.73 Å². The maximum Gasteiger partial charge on any atom is 0.472 e. The summed E-state index contributed by atoms with van der Waals surface area (Å²) < 4.78 is 32.5. The largest absolute Gasteiger partial charge is 0.480 e. The average molecular weight is 806 g/mol. The highest BCUT2D eigenvalue weighted by atomic mass is 31.2. The van der Waals surface area contributed by atoms with Crippen molar-refractivity contribution >= 4 is 25.7 Å². The number of allylic oxidation sites excluding steroid dienone is 14. The lowest BCUT2D eigenvalue weighted by atomic mass is 10.1. The number of phosphoric acid groups is 1. The van der Waals surface area contributed by atoms with Crippen LogP contribution in [0.5, 0.6) is 0 Å². The van der Waals surface area contributed by atoms with Gasteiger partial charge in [0.15, 0.2) is 6.10 Å². The van der Waals surface area contributed by atoms with Crippen LogP contribution < -0.4 is 5.73 Å². The number of nitrogens with two attached hydrogens (primary N) is 1. The Morgan fingerprint density at radius 3 is 1.55 bits per heavy atom. The summed E-state index contributed by atoms with van der Waals surface area (Å²) >= 11 is 0. The summed E-state index contributed by atoms with van der Waals surface area (Å²) in [5, 5.41) is 8.88. The minimum atomic E-state index is -4.74. The van der Waals surface area contributed by atoms with Gasteiger partial charge in [-0.25, -0.2) is 4.57 Å². The molecule has 0 fully saturated rings. The van der Waals surface area contributed by atoms with Crippen LogP contribution in [0.1, 0.15) is 142 Å². The van der Waals surface area contributed by atoms with Crippen molar-refractivity contribution in [2.75, 3.05) is 19.8 Å². The number of aliphatic carboxylic acids is 1. The van der Waals surface area contributed by atoms with Gasteiger partial charge in [-0.05, 0) is 83.5 Å². The first-order chi connectivity index (χ1) is 27.1. The monoisotopic (exact) mass is 805 g/mol. The number of carboxylic acid groups (broad SMARTS) is 1. The van der Waals surface area contributed by atoms with Gasteiger partial charge in [-0.1, -0.05) is 131 Å². The van der Waals surface area contributed by atoms with E-state index in [1.54, 1.807) is 0 Å². The van der Waals surface area contributed by atoms with Crippen molar-refractivity contribution in [3.8, 4) is 0 Å². The Balaban J connectivity index is 4.57. The van der Waals surface area contributed by atoms with Crippen molar-refractivity contribution in [2.45, 2.75) is 154 Å². The van der Waals surface area contributed by atoms with Gasteiger partial charge in [0.1, 0.15) is 12.6 Å². The molecule has 1 unspecified atom stereocenters. The number of unbranched alkanes of at least 4 members (excludes halogenated alkanes) is 9. The Bertz CT molecular complexity index is 1270. The molecular formula is C44H72NO10P. The number of esters is 2. The molecule has 0 aromatic carbocycles. The molecule has 11 nitrogen and oxygen atoms in total. The van der Waals surface area contributed by atoms with E-state index in [4.69, 9.17) is 24.8 Å². The van der Waals surface area contributed by atoms with Crippen molar-refractivity contribution < 1.29 is 47.5 Å². The molecule has 0 aliphatic heterocycles. The number of carbonyl (C=O) groups excluding carboxylic acids is 2. The number of phosphoric ester groups is 1. The van der Waals surface area contributed by atoms with Crippen LogP contribution in [0.3, 0.4) is 0 Å². The molecule has 0 aliphatic carbocycles. The minimum absolute atomic E-state index is 0.0755. The third-order valence-electron chi connectivity index (χ3n) is 8.13. The molecule has 0 aromatic rings. The van der Waals surface area contributed by atoms with Crippen molar-refractivity contribution in [3.05, 3.63) is 85.1 Å². The second-order valence-electron chi connectivity index (χ2n) is 13.4. The van der Waals surface area contributed by atoms with E-state index in [1.807, 2.05) is 12.2 Å². The fourth-order valence-corrected chi connectivity index (χ4v) is 5.67. The predicted molar refractivity (Wildman–Crippen MR) is 226 cm³/mol. The second kappa shape index (κ2) is 38.5. The van der Waals surface area contributed by atoms with E-state index in [-0.39, 0.29) is 12.8 Å². The lowest BCUT2D eigenvalue weighted by Crippen LogP contribution is -2.34. The standard InChI is InChI=1S/C44H72NO10P/c1-3-5-7-9-11-13-15-17-19-20-22-24-26-28-30-32-34-36-43(47)55-40(38-53-56(50,51)54-39-41(45)44(48)49)37-52-42(46)35-33-31-29-27-25-23-21-18-16-14-12-10-8-6-4-2/h6,8,12,14,17-19,21-22,24-25,27-28,30,40-41H,3-5,7,9-11,13,15-16,20,23,26,29,31-39,45H2,1-2H3,(H,48,49)(H,50,51)/b8-6+,14-12+,19-17+,21-18+,24-22+,27-25+,30-28+/t40-,41+/m1/s1. The topological polar surface area (TPSA) is 172 Å². The van der Waals surface area contributed by atoms with Crippen LogP contribution in [0.15, 0.2) is 85.1 Å². The summed E-state index contributed by atoms with van der Waals surface area (Å²) in [6.45, 7) is 2.56. The SMILES string of the molecule is CC/C=C/C/C=C/C/C=C/C/C=C/CCCCC(=O)OC[C@H](COP(=O)(O)OC[C@H](N)C(=O)O)OC(=O)CCC/C=C/C/C=C/C/C=C/CCCCCCCC. The number of rotatable bonds is 37. The lowest BCUT2D eigenvalue weighted by molar-refractivity contribution is -0.161. The molecule has 0 amide bonds. The van der Waals surface area contributed by atoms with Crippen LogP contribution in [0.4, 0.5) is 0 Å². The average Bonchev–Trinajstić information content (AvgIpc) is 3.17. The van der Waals surface area contributed by atoms with Crippen LogP contribution >= 0.6 is 7.82 Å². The molecule has 0 saturated heterocycles. The maximum absolute atomic E-state index is 12.6. The molecule has 4 N–H and O–H groups in total. The van der Waals surface area contributed by atoms with Gasteiger partial charge in [0.25, 0.3) is 0 Å². The number of ether oxygens (including phenoxy) is 2. The molecule has 318 valence electrons. The fourth-order valence-electron chi connectivity index (χ4n) is 4.89. The van der Waals surface area contributed by atoms with E-state index in [9.17, 15) is 23.8 Å². The third kappa shape index (κ3) is 37.6.